The molecule has 6 nitrogen and oxygen atoms in total. The number of hydrogen-bond donors (Lipinski definition) is 3. The quantitative estimate of drug-likeness (QED) is 0.792. The summed E-state index contributed by atoms with van der Waals surface area (Å²) in [6.07, 6.45) is 2.44. The molecular formula is C16H21N3O3. The molecule has 6 heteroatoms. The maximum Gasteiger partial charge on any atom is 0.265 e. The van der Waals surface area contributed by atoms with Crippen LogP contribution in [0, 0.1) is 11.8 Å². The van der Waals surface area contributed by atoms with Gasteiger partial charge in [0.2, 0.25) is 5.91 Å². The molecule has 1 fully saturated rings. The highest BCUT2D eigenvalue weighted by atomic mass is 16.5. The van der Waals surface area contributed by atoms with E-state index in [9.17, 15) is 9.59 Å². The molecule has 0 spiro atoms. The Kier molecular flexibility index (Phi) is 4.02. The summed E-state index contributed by atoms with van der Waals surface area (Å²) in [5, 5.41) is 5.70. The number of hydrogen-bond acceptors (Lipinski definition) is 4. The van der Waals surface area contributed by atoms with E-state index in [0.29, 0.717) is 23.7 Å². The first-order valence-electron chi connectivity index (χ1n) is 7.71. The predicted molar refractivity (Wildman–Crippen MR) is 83.7 cm³/mol. The standard InChI is InChI=1S/C16H21N3O3/c1-9-15(20)19-13-7-11(5-6-14(13)22-9)18-16(21)12-4-2-3-10(12)8-17/h5-7,9-10,12H,2-4,8,17H2,1H3,(H,18,21)(H,19,20)/t9?,10-,12-/m1/s1. The fourth-order valence-electron chi connectivity index (χ4n) is 3.19. The molecular weight excluding hydrogens is 282 g/mol. The number of nitrogens with one attached hydrogen (secondary N) is 2. The molecule has 1 aromatic rings. The fraction of sp³-hybridized carbons (Fsp3) is 0.500. The van der Waals surface area contributed by atoms with Gasteiger partial charge in [0.05, 0.1) is 5.69 Å². The molecule has 2 aliphatic rings. The SMILES string of the molecule is CC1Oc2ccc(NC(=O)[C@@H]3CCC[C@@H]3CN)cc2NC1=O. The van der Waals surface area contributed by atoms with Gasteiger partial charge in [0.1, 0.15) is 5.75 Å². The molecule has 0 bridgehead atoms. The number of rotatable bonds is 3. The van der Waals surface area contributed by atoms with E-state index in [1.54, 1.807) is 25.1 Å². The van der Waals surface area contributed by atoms with Crippen LogP contribution in [0.15, 0.2) is 18.2 Å². The second-order valence-corrected chi connectivity index (χ2v) is 5.98. The minimum Gasteiger partial charge on any atom is -0.479 e. The molecule has 0 aromatic heterocycles. The van der Waals surface area contributed by atoms with Crippen molar-refractivity contribution >= 4 is 23.2 Å². The topological polar surface area (TPSA) is 93.4 Å². The molecule has 0 saturated heterocycles. The number of fused-ring (bicyclic) bond motifs is 1. The van der Waals surface area contributed by atoms with Crippen molar-refractivity contribution in [3.8, 4) is 5.75 Å². The summed E-state index contributed by atoms with van der Waals surface area (Å²) in [4.78, 5) is 24.0. The number of amides is 2. The average Bonchev–Trinajstić information content (AvgIpc) is 2.97. The number of carbonyl (C=O) groups is 2. The summed E-state index contributed by atoms with van der Waals surface area (Å²) in [6.45, 7) is 2.24. The summed E-state index contributed by atoms with van der Waals surface area (Å²) < 4.78 is 5.50. The lowest BCUT2D eigenvalue weighted by Crippen LogP contribution is -2.34. The van der Waals surface area contributed by atoms with Gasteiger partial charge in [0.25, 0.3) is 5.91 Å². The highest BCUT2D eigenvalue weighted by Crippen LogP contribution is 2.34. The van der Waals surface area contributed by atoms with Crippen LogP contribution < -0.4 is 21.1 Å². The van der Waals surface area contributed by atoms with Crippen LogP contribution >= 0.6 is 0 Å². The number of ether oxygens (including phenoxy) is 1. The lowest BCUT2D eigenvalue weighted by atomic mass is 9.95. The van der Waals surface area contributed by atoms with Gasteiger partial charge in [-0.2, -0.15) is 0 Å². The third kappa shape index (κ3) is 2.78. The first kappa shape index (κ1) is 14.8. The van der Waals surface area contributed by atoms with Crippen LogP contribution in [0.5, 0.6) is 5.75 Å². The summed E-state index contributed by atoms with van der Waals surface area (Å²) in [5.41, 5.74) is 6.97. The molecule has 1 unspecified atom stereocenters. The lowest BCUT2D eigenvalue weighted by molar-refractivity contribution is -0.122. The Balaban J connectivity index is 1.72. The van der Waals surface area contributed by atoms with Crippen molar-refractivity contribution in [3.05, 3.63) is 18.2 Å². The minimum absolute atomic E-state index is 0.00400. The van der Waals surface area contributed by atoms with Gasteiger partial charge in [-0.05, 0) is 50.4 Å². The zero-order chi connectivity index (χ0) is 15.7. The number of nitrogens with two attached hydrogens (primary N) is 1. The van der Waals surface area contributed by atoms with Crippen LogP contribution in [-0.4, -0.2) is 24.5 Å². The molecule has 3 atom stereocenters. The molecule has 0 radical (unpaired) electrons. The van der Waals surface area contributed by atoms with E-state index in [1.807, 2.05) is 0 Å². The molecule has 118 valence electrons. The van der Waals surface area contributed by atoms with Crippen LogP contribution in [0.4, 0.5) is 11.4 Å². The third-order valence-corrected chi connectivity index (χ3v) is 4.48. The van der Waals surface area contributed by atoms with E-state index >= 15 is 0 Å². The Morgan fingerprint density at radius 1 is 1.45 bits per heavy atom. The normalized spacial score (nSPS) is 26.8. The highest BCUT2D eigenvalue weighted by Gasteiger charge is 2.32. The Bertz CT molecular complexity index is 602. The van der Waals surface area contributed by atoms with E-state index in [-0.39, 0.29) is 23.7 Å². The van der Waals surface area contributed by atoms with E-state index in [1.165, 1.54) is 0 Å². The molecule has 2 amide bonds. The minimum atomic E-state index is -0.503. The summed E-state index contributed by atoms with van der Waals surface area (Å²) in [6, 6.07) is 5.27. The van der Waals surface area contributed by atoms with Crippen molar-refractivity contribution in [2.45, 2.75) is 32.3 Å². The second-order valence-electron chi connectivity index (χ2n) is 5.98. The van der Waals surface area contributed by atoms with Crippen LogP contribution in [-0.2, 0) is 9.59 Å². The monoisotopic (exact) mass is 303 g/mol. The summed E-state index contributed by atoms with van der Waals surface area (Å²) in [7, 11) is 0. The predicted octanol–water partition coefficient (Wildman–Crippen LogP) is 1.72. The van der Waals surface area contributed by atoms with E-state index in [4.69, 9.17) is 10.5 Å². The fourth-order valence-corrected chi connectivity index (χ4v) is 3.19. The smallest absolute Gasteiger partial charge is 0.265 e. The van der Waals surface area contributed by atoms with Crippen molar-refractivity contribution < 1.29 is 14.3 Å². The summed E-state index contributed by atoms with van der Waals surface area (Å²) in [5.74, 6) is 0.679. The number of carbonyl (C=O) groups excluding carboxylic acids is 2. The molecule has 3 rings (SSSR count). The van der Waals surface area contributed by atoms with E-state index < -0.39 is 6.10 Å². The molecule has 4 N–H and O–H groups in total. The van der Waals surface area contributed by atoms with Gasteiger partial charge in [0.15, 0.2) is 6.10 Å². The van der Waals surface area contributed by atoms with Gasteiger partial charge in [-0.25, -0.2) is 0 Å². The van der Waals surface area contributed by atoms with Gasteiger partial charge < -0.3 is 21.1 Å². The first-order chi connectivity index (χ1) is 10.6. The lowest BCUT2D eigenvalue weighted by Gasteiger charge is -2.24. The van der Waals surface area contributed by atoms with Crippen molar-refractivity contribution in [1.29, 1.82) is 0 Å². The Morgan fingerprint density at radius 2 is 2.27 bits per heavy atom. The Labute approximate surface area is 129 Å². The summed E-state index contributed by atoms with van der Waals surface area (Å²) >= 11 is 0. The van der Waals surface area contributed by atoms with E-state index in [0.717, 1.165) is 19.3 Å². The Hall–Kier alpha value is -2.08. The van der Waals surface area contributed by atoms with Crippen LogP contribution in [0.25, 0.3) is 0 Å². The maximum absolute atomic E-state index is 12.4. The van der Waals surface area contributed by atoms with Gasteiger partial charge in [-0.3, -0.25) is 9.59 Å². The Morgan fingerprint density at radius 3 is 3.05 bits per heavy atom. The van der Waals surface area contributed by atoms with Crippen LogP contribution in [0.3, 0.4) is 0 Å². The molecule has 1 aliphatic heterocycles. The zero-order valence-electron chi connectivity index (χ0n) is 12.6. The van der Waals surface area contributed by atoms with Gasteiger partial charge in [-0.15, -0.1) is 0 Å². The van der Waals surface area contributed by atoms with E-state index in [2.05, 4.69) is 10.6 Å². The largest absolute Gasteiger partial charge is 0.479 e. The van der Waals surface area contributed by atoms with Gasteiger partial charge >= 0.3 is 0 Å². The van der Waals surface area contributed by atoms with Crippen molar-refractivity contribution in [3.63, 3.8) is 0 Å². The van der Waals surface area contributed by atoms with Crippen LogP contribution in [0.1, 0.15) is 26.2 Å². The van der Waals surface area contributed by atoms with Gasteiger partial charge in [0, 0.05) is 11.6 Å². The zero-order valence-corrected chi connectivity index (χ0v) is 12.6. The average molecular weight is 303 g/mol. The maximum atomic E-state index is 12.4. The molecule has 1 heterocycles. The van der Waals surface area contributed by atoms with Crippen molar-refractivity contribution in [2.24, 2.45) is 17.6 Å². The van der Waals surface area contributed by atoms with Crippen LogP contribution in [0.2, 0.25) is 0 Å². The highest BCUT2D eigenvalue weighted by molar-refractivity contribution is 5.99. The molecule has 1 saturated carbocycles. The van der Waals surface area contributed by atoms with Crippen molar-refractivity contribution in [1.82, 2.24) is 0 Å². The third-order valence-electron chi connectivity index (χ3n) is 4.48. The molecule has 1 aromatic carbocycles. The number of benzene rings is 1. The molecule has 22 heavy (non-hydrogen) atoms. The van der Waals surface area contributed by atoms with Gasteiger partial charge in [-0.1, -0.05) is 6.42 Å². The molecule has 1 aliphatic carbocycles. The second kappa shape index (κ2) is 5.96. The van der Waals surface area contributed by atoms with Crippen molar-refractivity contribution in [2.75, 3.05) is 17.2 Å². The number of anilines is 2. The first-order valence-corrected chi connectivity index (χ1v) is 7.71.